The van der Waals surface area contributed by atoms with E-state index in [1.54, 1.807) is 0 Å². The van der Waals surface area contributed by atoms with Gasteiger partial charge in [-0.25, -0.2) is 0 Å². The number of carbonyl (C=O) groups excluding carboxylic acids is 2. The number of rotatable bonds is 65. The molecule has 0 aliphatic carbocycles. The minimum atomic E-state index is -0.661. The van der Waals surface area contributed by atoms with Gasteiger partial charge in [0, 0.05) is 12.8 Å². The van der Waals surface area contributed by atoms with Crippen molar-refractivity contribution in [2.24, 2.45) is 0 Å². The molecule has 450 valence electrons. The van der Waals surface area contributed by atoms with Gasteiger partial charge in [-0.15, -0.1) is 0 Å². The average molecular weight is 1070 g/mol. The fourth-order valence-electron chi connectivity index (χ4n) is 11.0. The second-order valence-corrected chi connectivity index (χ2v) is 23.9. The molecule has 2 unspecified atom stereocenters. The molecule has 6 heteroatoms. The third kappa shape index (κ3) is 61.6. The standard InChI is InChI=1S/C70H135NO5/c1-3-5-7-9-11-13-15-17-19-35-38-42-46-50-54-58-62-68(73)67(66-72)71-69(74)63-59-55-51-47-43-39-36-33-31-29-27-25-23-21-20-22-24-26-28-30-32-34-37-41-45-49-53-57-61-65-76-70(75)64-60-56-52-48-44-40-18-16-14-12-10-8-6-4-2/h10,12,16,18,67-68,72-73H,3-9,11,13-15,17,19-66H2,1-2H3,(H,71,74)/b12-10-,18-16-. The van der Waals surface area contributed by atoms with E-state index in [1.165, 1.54) is 302 Å². The molecule has 0 fully saturated rings. The molecule has 0 rings (SSSR count). The average Bonchev–Trinajstić information content (AvgIpc) is 3.42. The lowest BCUT2D eigenvalue weighted by molar-refractivity contribution is -0.143. The first-order chi connectivity index (χ1) is 37.5. The lowest BCUT2D eigenvalue weighted by atomic mass is 10.0. The molecule has 0 bridgehead atoms. The molecular formula is C70H135NO5. The fourth-order valence-corrected chi connectivity index (χ4v) is 11.0. The number of allylic oxidation sites excluding steroid dienone is 4. The molecule has 0 heterocycles. The van der Waals surface area contributed by atoms with Crippen LogP contribution in [0.4, 0.5) is 0 Å². The maximum Gasteiger partial charge on any atom is 0.305 e. The van der Waals surface area contributed by atoms with Crippen molar-refractivity contribution in [3.8, 4) is 0 Å². The van der Waals surface area contributed by atoms with E-state index in [1.807, 2.05) is 0 Å². The number of carbonyl (C=O) groups is 2. The zero-order chi connectivity index (χ0) is 55.0. The van der Waals surface area contributed by atoms with Crippen molar-refractivity contribution >= 4 is 11.9 Å². The van der Waals surface area contributed by atoms with Crippen LogP contribution in [-0.2, 0) is 14.3 Å². The molecule has 0 aliphatic rings. The zero-order valence-corrected chi connectivity index (χ0v) is 51.5. The second-order valence-electron chi connectivity index (χ2n) is 23.9. The largest absolute Gasteiger partial charge is 0.466 e. The summed E-state index contributed by atoms with van der Waals surface area (Å²) in [6.45, 7) is 4.94. The van der Waals surface area contributed by atoms with Crippen LogP contribution < -0.4 is 5.32 Å². The highest BCUT2D eigenvalue weighted by molar-refractivity contribution is 5.76. The van der Waals surface area contributed by atoms with Gasteiger partial charge >= 0.3 is 5.97 Å². The third-order valence-electron chi connectivity index (χ3n) is 16.3. The van der Waals surface area contributed by atoms with Crippen LogP contribution in [0.15, 0.2) is 24.3 Å². The molecule has 0 aromatic carbocycles. The van der Waals surface area contributed by atoms with Crippen LogP contribution in [0, 0.1) is 0 Å². The van der Waals surface area contributed by atoms with E-state index in [9.17, 15) is 19.8 Å². The molecule has 2 atom stereocenters. The highest BCUT2D eigenvalue weighted by Crippen LogP contribution is 2.19. The summed E-state index contributed by atoms with van der Waals surface area (Å²) in [5, 5.41) is 23.4. The minimum absolute atomic E-state index is 0.00534. The van der Waals surface area contributed by atoms with E-state index in [2.05, 4.69) is 43.5 Å². The number of aliphatic hydroxyl groups is 2. The monoisotopic (exact) mass is 1070 g/mol. The Labute approximate surface area is 475 Å². The van der Waals surface area contributed by atoms with Crippen LogP contribution in [-0.4, -0.2) is 47.4 Å². The van der Waals surface area contributed by atoms with Gasteiger partial charge in [0.15, 0.2) is 0 Å². The van der Waals surface area contributed by atoms with Crippen molar-refractivity contribution in [3.63, 3.8) is 0 Å². The normalized spacial score (nSPS) is 12.6. The number of hydrogen-bond donors (Lipinski definition) is 3. The number of amides is 1. The first kappa shape index (κ1) is 74.3. The lowest BCUT2D eigenvalue weighted by Crippen LogP contribution is -2.45. The van der Waals surface area contributed by atoms with Crippen LogP contribution in [0.1, 0.15) is 386 Å². The van der Waals surface area contributed by atoms with E-state index in [-0.39, 0.29) is 18.5 Å². The first-order valence-corrected chi connectivity index (χ1v) is 34.6. The molecular weight excluding hydrogens is 935 g/mol. The second kappa shape index (κ2) is 65.9. The van der Waals surface area contributed by atoms with Gasteiger partial charge in [0.25, 0.3) is 0 Å². The van der Waals surface area contributed by atoms with Gasteiger partial charge in [0.2, 0.25) is 5.91 Å². The summed E-state index contributed by atoms with van der Waals surface area (Å²) in [4.78, 5) is 24.6. The fraction of sp³-hybridized carbons (Fsp3) is 0.914. The number of nitrogens with one attached hydrogen (secondary N) is 1. The van der Waals surface area contributed by atoms with E-state index < -0.39 is 12.1 Å². The molecule has 0 spiro atoms. The van der Waals surface area contributed by atoms with Gasteiger partial charge in [-0.1, -0.05) is 346 Å². The molecule has 0 aromatic rings. The van der Waals surface area contributed by atoms with Crippen LogP contribution >= 0.6 is 0 Å². The highest BCUT2D eigenvalue weighted by atomic mass is 16.5. The third-order valence-corrected chi connectivity index (χ3v) is 16.3. The number of unbranched alkanes of at least 4 members (excludes halogenated alkanes) is 50. The van der Waals surface area contributed by atoms with Crippen molar-refractivity contribution in [3.05, 3.63) is 24.3 Å². The Morgan fingerprint density at radius 1 is 0.368 bits per heavy atom. The van der Waals surface area contributed by atoms with Gasteiger partial charge < -0.3 is 20.3 Å². The quantitative estimate of drug-likeness (QED) is 0.0320. The molecule has 3 N–H and O–H groups in total. The molecule has 0 aliphatic heterocycles. The van der Waals surface area contributed by atoms with E-state index in [0.717, 1.165) is 51.4 Å². The Morgan fingerprint density at radius 3 is 1.04 bits per heavy atom. The maximum absolute atomic E-state index is 12.5. The van der Waals surface area contributed by atoms with Gasteiger partial charge in [-0.3, -0.25) is 9.59 Å². The Morgan fingerprint density at radius 2 is 0.671 bits per heavy atom. The number of esters is 1. The van der Waals surface area contributed by atoms with Crippen molar-refractivity contribution < 1.29 is 24.5 Å². The predicted molar refractivity (Wildman–Crippen MR) is 333 cm³/mol. The summed E-state index contributed by atoms with van der Waals surface area (Å²) in [5.41, 5.74) is 0. The Kier molecular flexibility index (Phi) is 64.4. The van der Waals surface area contributed by atoms with E-state index in [0.29, 0.717) is 25.9 Å². The van der Waals surface area contributed by atoms with E-state index >= 15 is 0 Å². The molecule has 0 saturated heterocycles. The summed E-state index contributed by atoms with van der Waals surface area (Å²) in [6.07, 6.45) is 82.2. The summed E-state index contributed by atoms with van der Waals surface area (Å²) in [5.74, 6) is -0.0230. The van der Waals surface area contributed by atoms with Crippen molar-refractivity contribution in [1.82, 2.24) is 5.32 Å². The predicted octanol–water partition coefficient (Wildman–Crippen LogP) is 22.1. The number of ether oxygens (including phenoxy) is 1. The van der Waals surface area contributed by atoms with Gasteiger partial charge in [0.1, 0.15) is 0 Å². The lowest BCUT2D eigenvalue weighted by Gasteiger charge is -2.22. The number of hydrogen-bond acceptors (Lipinski definition) is 5. The smallest absolute Gasteiger partial charge is 0.305 e. The zero-order valence-electron chi connectivity index (χ0n) is 51.5. The Hall–Kier alpha value is -1.66. The summed E-state index contributed by atoms with van der Waals surface area (Å²) >= 11 is 0. The van der Waals surface area contributed by atoms with Crippen LogP contribution in [0.2, 0.25) is 0 Å². The van der Waals surface area contributed by atoms with Crippen LogP contribution in [0.25, 0.3) is 0 Å². The summed E-state index contributed by atoms with van der Waals surface area (Å²) in [7, 11) is 0. The highest BCUT2D eigenvalue weighted by Gasteiger charge is 2.20. The van der Waals surface area contributed by atoms with Crippen LogP contribution in [0.3, 0.4) is 0 Å². The maximum atomic E-state index is 12.5. The Balaban J connectivity index is 3.33. The summed E-state index contributed by atoms with van der Waals surface area (Å²) in [6, 6.07) is -0.538. The van der Waals surface area contributed by atoms with Crippen molar-refractivity contribution in [2.45, 2.75) is 398 Å². The van der Waals surface area contributed by atoms with Gasteiger partial charge in [0.05, 0.1) is 25.4 Å². The minimum Gasteiger partial charge on any atom is -0.466 e. The van der Waals surface area contributed by atoms with Crippen LogP contribution in [0.5, 0.6) is 0 Å². The van der Waals surface area contributed by atoms with Crippen molar-refractivity contribution in [1.29, 1.82) is 0 Å². The first-order valence-electron chi connectivity index (χ1n) is 34.6. The molecule has 0 aromatic heterocycles. The SMILES string of the molecule is CCCC/C=C\C/C=C\CCCCCCCC(=O)OCCCCCCCCCCCCCCCCCCCCCCCCCCCCCCCC(=O)NC(CO)C(O)CCCCCCCCCCCCCCCCCC. The van der Waals surface area contributed by atoms with Gasteiger partial charge in [-0.05, 0) is 51.4 Å². The molecule has 0 radical (unpaired) electrons. The Bertz CT molecular complexity index is 1190. The molecule has 76 heavy (non-hydrogen) atoms. The molecule has 6 nitrogen and oxygen atoms in total. The molecule has 0 saturated carbocycles. The van der Waals surface area contributed by atoms with E-state index in [4.69, 9.17) is 4.74 Å². The summed E-state index contributed by atoms with van der Waals surface area (Å²) < 4.78 is 5.48. The van der Waals surface area contributed by atoms with Crippen molar-refractivity contribution in [2.75, 3.05) is 13.2 Å². The van der Waals surface area contributed by atoms with Gasteiger partial charge in [-0.2, -0.15) is 0 Å². The number of aliphatic hydroxyl groups excluding tert-OH is 2. The molecule has 1 amide bonds. The topological polar surface area (TPSA) is 95.9 Å².